The molecule has 0 saturated heterocycles. The Bertz CT molecular complexity index is 1680. The molecule has 0 unspecified atom stereocenters. The highest BCUT2D eigenvalue weighted by Crippen LogP contribution is 2.36. The molecule has 10 nitrogen and oxygen atoms in total. The van der Waals surface area contributed by atoms with E-state index in [1.807, 2.05) is 0 Å². The van der Waals surface area contributed by atoms with Crippen LogP contribution in [0.15, 0.2) is 77.7 Å². The van der Waals surface area contributed by atoms with Crippen LogP contribution in [0, 0.1) is 6.92 Å². The first kappa shape index (κ1) is 26.4. The van der Waals surface area contributed by atoms with Gasteiger partial charge in [-0.25, -0.2) is 17.9 Å². The molecule has 200 valence electrons. The fourth-order valence-electron chi connectivity index (χ4n) is 3.86. The predicted molar refractivity (Wildman–Crippen MR) is 145 cm³/mol. The Kier molecular flexibility index (Phi) is 7.13. The molecule has 0 bridgehead atoms. The number of hydrogen-bond donors (Lipinski definition) is 3. The lowest BCUT2D eigenvalue weighted by molar-refractivity contribution is 0.0689. The van der Waals surface area contributed by atoms with Crippen molar-refractivity contribution in [3.63, 3.8) is 0 Å². The lowest BCUT2D eigenvalue weighted by Crippen LogP contribution is -2.26. The molecule has 1 amide bonds. The summed E-state index contributed by atoms with van der Waals surface area (Å²) in [7, 11) is -4.08. The number of sulfonamides is 1. The molecule has 5 rings (SSSR count). The number of anilines is 1. The van der Waals surface area contributed by atoms with Crippen molar-refractivity contribution >= 4 is 39.2 Å². The van der Waals surface area contributed by atoms with Gasteiger partial charge in [0.05, 0.1) is 16.3 Å². The highest BCUT2D eigenvalue weighted by molar-refractivity contribution is 7.89. The highest BCUT2D eigenvalue weighted by atomic mass is 35.5. The summed E-state index contributed by atoms with van der Waals surface area (Å²) in [4.78, 5) is 24.4. The summed E-state index contributed by atoms with van der Waals surface area (Å²) in [6, 6.07) is 19.2. The number of rotatable bonds is 9. The second-order valence-electron chi connectivity index (χ2n) is 8.92. The van der Waals surface area contributed by atoms with Crippen molar-refractivity contribution in [2.24, 2.45) is 0 Å². The molecular weight excluding hydrogens is 544 g/mol. The van der Waals surface area contributed by atoms with Crippen LogP contribution >= 0.6 is 11.6 Å². The van der Waals surface area contributed by atoms with Gasteiger partial charge in [0, 0.05) is 17.3 Å². The zero-order valence-electron chi connectivity index (χ0n) is 20.6. The zero-order chi connectivity index (χ0) is 27.7. The molecule has 1 aliphatic rings. The third-order valence-corrected chi connectivity index (χ3v) is 7.86. The molecule has 1 fully saturated rings. The lowest BCUT2D eigenvalue weighted by atomic mass is 10.2. The van der Waals surface area contributed by atoms with E-state index in [-0.39, 0.29) is 50.1 Å². The predicted octanol–water partition coefficient (Wildman–Crippen LogP) is 5.02. The summed E-state index contributed by atoms with van der Waals surface area (Å²) in [5.41, 5.74) is 0.915. The molecule has 4 aromatic rings. The number of para-hydroxylation sites is 1. The Balaban J connectivity index is 1.57. The minimum absolute atomic E-state index is 0.0364. The highest BCUT2D eigenvalue weighted by Gasteiger charge is 2.31. The summed E-state index contributed by atoms with van der Waals surface area (Å²) in [5, 5.41) is 16.8. The topological polar surface area (TPSA) is 140 Å². The smallest absolute Gasteiger partial charge is 0.356 e. The van der Waals surface area contributed by atoms with Crippen LogP contribution in [0.4, 0.5) is 5.69 Å². The van der Waals surface area contributed by atoms with Gasteiger partial charge >= 0.3 is 5.97 Å². The van der Waals surface area contributed by atoms with E-state index >= 15 is 0 Å². The fraction of sp³-hybridized carbons (Fsp3) is 0.148. The van der Waals surface area contributed by atoms with Crippen LogP contribution < -0.4 is 14.8 Å². The van der Waals surface area contributed by atoms with E-state index < -0.39 is 21.9 Å². The van der Waals surface area contributed by atoms with Crippen LogP contribution in [0.3, 0.4) is 0 Å². The van der Waals surface area contributed by atoms with Crippen LogP contribution in [-0.2, 0) is 10.0 Å². The summed E-state index contributed by atoms with van der Waals surface area (Å²) in [5.74, 6) is -1.81. The number of nitrogens with one attached hydrogen (secondary N) is 2. The minimum Gasteiger partial charge on any atom is -0.476 e. The molecule has 1 aromatic heterocycles. The van der Waals surface area contributed by atoms with Gasteiger partial charge in [0.15, 0.2) is 5.69 Å². The van der Waals surface area contributed by atoms with Gasteiger partial charge in [0.2, 0.25) is 15.9 Å². The summed E-state index contributed by atoms with van der Waals surface area (Å²) >= 11 is 6.14. The average molecular weight is 567 g/mol. The first-order valence-electron chi connectivity index (χ1n) is 11.9. The van der Waals surface area contributed by atoms with Crippen LogP contribution in [-0.4, -0.2) is 41.2 Å². The molecule has 0 atom stereocenters. The number of benzene rings is 3. The van der Waals surface area contributed by atoms with Gasteiger partial charge in [0.1, 0.15) is 10.6 Å². The molecule has 3 N–H and O–H groups in total. The number of ether oxygens (including phenoxy) is 1. The van der Waals surface area contributed by atoms with Gasteiger partial charge in [-0.1, -0.05) is 41.9 Å². The number of hydrogen-bond acceptors (Lipinski definition) is 6. The lowest BCUT2D eigenvalue weighted by Gasteiger charge is -2.16. The maximum atomic E-state index is 13.4. The number of carbonyl (C=O) groups is 2. The van der Waals surface area contributed by atoms with E-state index in [9.17, 15) is 23.1 Å². The molecule has 0 radical (unpaired) electrons. The van der Waals surface area contributed by atoms with Gasteiger partial charge in [-0.15, -0.1) is 0 Å². The Hall–Kier alpha value is -4.19. The Morgan fingerprint density at radius 2 is 1.74 bits per heavy atom. The molecule has 39 heavy (non-hydrogen) atoms. The Labute approximate surface area is 229 Å². The molecule has 0 aliphatic heterocycles. The van der Waals surface area contributed by atoms with E-state index in [2.05, 4.69) is 15.1 Å². The molecular formula is C27H23ClN4O6S. The number of carboxylic acid groups (broad SMARTS) is 1. The molecule has 1 saturated carbocycles. The normalized spacial score (nSPS) is 13.2. The minimum atomic E-state index is -4.08. The quantitative estimate of drug-likeness (QED) is 0.258. The summed E-state index contributed by atoms with van der Waals surface area (Å²) in [6.07, 6.45) is 1.42. The van der Waals surface area contributed by atoms with E-state index in [0.717, 1.165) is 0 Å². The van der Waals surface area contributed by atoms with Gasteiger partial charge in [0.25, 0.3) is 5.91 Å². The van der Waals surface area contributed by atoms with Gasteiger partial charge < -0.3 is 15.2 Å². The number of carboxylic acids is 1. The standard InChI is InChI=1S/C27H23ClN4O6S/c1-16-24(27(34)35)30-32(19-7-3-2-4-8-19)26(16)38-22-14-13-18(15-23(22)39(36,37)31-17-11-12-17)29-25(33)20-9-5-6-10-21(20)28/h2-10,13-15,17,31H,11-12H2,1H3,(H,29,33)(H,34,35). The van der Waals surface area contributed by atoms with Crippen molar-refractivity contribution < 1.29 is 27.9 Å². The largest absolute Gasteiger partial charge is 0.476 e. The third-order valence-electron chi connectivity index (χ3n) is 5.99. The Morgan fingerprint density at radius 3 is 2.41 bits per heavy atom. The average Bonchev–Trinajstić information content (AvgIpc) is 3.66. The SMILES string of the molecule is Cc1c(C(=O)O)nn(-c2ccccc2)c1Oc1ccc(NC(=O)c2ccccc2Cl)cc1S(=O)(=O)NC1CC1. The van der Waals surface area contributed by atoms with Gasteiger partial charge in [-0.2, -0.15) is 9.78 Å². The molecule has 1 aliphatic carbocycles. The zero-order valence-corrected chi connectivity index (χ0v) is 22.2. The van der Waals surface area contributed by atoms with Crippen molar-refractivity contribution in [1.29, 1.82) is 0 Å². The second kappa shape index (κ2) is 10.5. The molecule has 0 spiro atoms. The number of nitrogens with zero attached hydrogens (tertiary/aromatic N) is 2. The van der Waals surface area contributed by atoms with Crippen molar-refractivity contribution in [2.45, 2.75) is 30.7 Å². The van der Waals surface area contributed by atoms with Crippen LogP contribution in [0.25, 0.3) is 5.69 Å². The number of aromatic nitrogens is 2. The van der Waals surface area contributed by atoms with Gasteiger partial charge in [-0.05, 0) is 62.2 Å². The third kappa shape index (κ3) is 5.65. The van der Waals surface area contributed by atoms with Crippen molar-refractivity contribution in [3.05, 3.63) is 94.6 Å². The monoisotopic (exact) mass is 566 g/mol. The first-order valence-corrected chi connectivity index (χ1v) is 13.8. The van der Waals surface area contributed by atoms with Crippen molar-refractivity contribution in [1.82, 2.24) is 14.5 Å². The van der Waals surface area contributed by atoms with E-state index in [1.54, 1.807) is 54.6 Å². The number of carbonyl (C=O) groups excluding carboxylic acids is 1. The number of amides is 1. The maximum absolute atomic E-state index is 13.4. The van der Waals surface area contributed by atoms with Crippen molar-refractivity contribution in [3.8, 4) is 17.3 Å². The van der Waals surface area contributed by atoms with Crippen molar-refractivity contribution in [2.75, 3.05) is 5.32 Å². The van der Waals surface area contributed by atoms with E-state index in [1.165, 1.54) is 29.8 Å². The van der Waals surface area contributed by atoms with Crippen LogP contribution in [0.2, 0.25) is 5.02 Å². The molecule has 12 heteroatoms. The van der Waals surface area contributed by atoms with E-state index in [4.69, 9.17) is 16.3 Å². The second-order valence-corrected chi connectivity index (χ2v) is 11.0. The van der Waals surface area contributed by atoms with Crippen LogP contribution in [0.5, 0.6) is 11.6 Å². The number of halogens is 1. The Morgan fingerprint density at radius 1 is 1.05 bits per heavy atom. The maximum Gasteiger partial charge on any atom is 0.356 e. The van der Waals surface area contributed by atoms with Gasteiger partial charge in [-0.3, -0.25) is 4.79 Å². The van der Waals surface area contributed by atoms with E-state index in [0.29, 0.717) is 18.5 Å². The molecule has 1 heterocycles. The first-order chi connectivity index (χ1) is 18.6. The summed E-state index contributed by atoms with van der Waals surface area (Å²) < 4.78 is 36.8. The summed E-state index contributed by atoms with van der Waals surface area (Å²) in [6.45, 7) is 1.53. The van der Waals surface area contributed by atoms with Crippen LogP contribution in [0.1, 0.15) is 39.3 Å². The number of aromatic carboxylic acids is 1. The fourth-order valence-corrected chi connectivity index (χ4v) is 5.54. The molecule has 3 aromatic carbocycles.